The van der Waals surface area contributed by atoms with Crippen LogP contribution in [0.5, 0.6) is 11.5 Å². The van der Waals surface area contributed by atoms with Crippen molar-refractivity contribution in [2.75, 3.05) is 18.7 Å². The summed E-state index contributed by atoms with van der Waals surface area (Å²) < 4.78 is 10.6. The quantitative estimate of drug-likeness (QED) is 0.840. The molecule has 2 aromatic rings. The van der Waals surface area contributed by atoms with Gasteiger partial charge >= 0.3 is 0 Å². The third-order valence-electron chi connectivity index (χ3n) is 3.78. The first-order valence-corrected chi connectivity index (χ1v) is 8.15. The van der Waals surface area contributed by atoms with Gasteiger partial charge in [-0.1, -0.05) is 23.7 Å². The molecule has 3 rings (SSSR count). The number of hydrogen-bond acceptors (Lipinski definition) is 4. The van der Waals surface area contributed by atoms with Gasteiger partial charge in [-0.25, -0.2) is 0 Å². The van der Waals surface area contributed by atoms with Crippen LogP contribution in [0.2, 0.25) is 5.02 Å². The molecule has 0 fully saturated rings. The lowest BCUT2D eigenvalue weighted by Gasteiger charge is -2.09. The SMILES string of the molecule is Cc1ccc(NCCC(=O)NCc2ccc3c(c2)OCO3)cc1Cl. The van der Waals surface area contributed by atoms with E-state index in [1.807, 2.05) is 43.3 Å². The Morgan fingerprint density at radius 3 is 2.83 bits per heavy atom. The van der Waals surface area contributed by atoms with E-state index < -0.39 is 0 Å². The molecule has 0 aromatic heterocycles. The van der Waals surface area contributed by atoms with E-state index in [2.05, 4.69) is 10.6 Å². The highest BCUT2D eigenvalue weighted by atomic mass is 35.5. The standard InChI is InChI=1S/C18H19ClN2O3/c1-12-2-4-14(9-15(12)19)20-7-6-18(22)21-10-13-3-5-16-17(8-13)24-11-23-16/h2-5,8-9,20H,6-7,10-11H2,1H3,(H,21,22). The highest BCUT2D eigenvalue weighted by Crippen LogP contribution is 2.32. The fourth-order valence-corrected chi connectivity index (χ4v) is 2.54. The summed E-state index contributed by atoms with van der Waals surface area (Å²) in [5.74, 6) is 1.45. The van der Waals surface area contributed by atoms with E-state index in [1.165, 1.54) is 0 Å². The lowest BCUT2D eigenvalue weighted by atomic mass is 10.2. The third kappa shape index (κ3) is 4.11. The molecular weight excluding hydrogens is 328 g/mol. The highest BCUT2D eigenvalue weighted by Gasteiger charge is 2.13. The topological polar surface area (TPSA) is 59.6 Å². The molecule has 0 bridgehead atoms. The first kappa shape index (κ1) is 16.5. The molecule has 0 spiro atoms. The van der Waals surface area contributed by atoms with Crippen molar-refractivity contribution in [1.82, 2.24) is 5.32 Å². The Morgan fingerprint density at radius 2 is 2.00 bits per heavy atom. The number of anilines is 1. The van der Waals surface area contributed by atoms with Crippen molar-refractivity contribution in [2.45, 2.75) is 19.9 Å². The smallest absolute Gasteiger partial charge is 0.231 e. The molecule has 2 N–H and O–H groups in total. The normalized spacial score (nSPS) is 12.1. The predicted octanol–water partition coefficient (Wildman–Crippen LogP) is 3.50. The number of fused-ring (bicyclic) bond motifs is 1. The number of ether oxygens (including phenoxy) is 2. The average Bonchev–Trinajstić information content (AvgIpc) is 3.04. The number of nitrogens with one attached hydrogen (secondary N) is 2. The van der Waals surface area contributed by atoms with Gasteiger partial charge in [-0.3, -0.25) is 4.79 Å². The molecule has 0 unspecified atom stereocenters. The Balaban J connectivity index is 1.42. The second kappa shape index (κ2) is 7.45. The minimum atomic E-state index is -0.0154. The van der Waals surface area contributed by atoms with E-state index in [1.54, 1.807) is 0 Å². The van der Waals surface area contributed by atoms with Crippen molar-refractivity contribution in [3.05, 3.63) is 52.5 Å². The molecule has 0 saturated carbocycles. The molecule has 0 saturated heterocycles. The minimum absolute atomic E-state index is 0.0154. The van der Waals surface area contributed by atoms with Crippen molar-refractivity contribution in [2.24, 2.45) is 0 Å². The van der Waals surface area contributed by atoms with Gasteiger partial charge in [0.25, 0.3) is 0 Å². The number of amides is 1. The van der Waals surface area contributed by atoms with E-state index in [9.17, 15) is 4.79 Å². The number of halogens is 1. The van der Waals surface area contributed by atoms with Crippen LogP contribution in [0.1, 0.15) is 17.5 Å². The first-order valence-electron chi connectivity index (χ1n) is 7.77. The number of carbonyl (C=O) groups excluding carboxylic acids is 1. The molecule has 6 heteroatoms. The fourth-order valence-electron chi connectivity index (χ4n) is 2.36. The van der Waals surface area contributed by atoms with Crippen LogP contribution in [0.15, 0.2) is 36.4 Å². The Labute approximate surface area is 145 Å². The minimum Gasteiger partial charge on any atom is -0.454 e. The van der Waals surface area contributed by atoms with E-state index in [-0.39, 0.29) is 12.7 Å². The molecule has 126 valence electrons. The zero-order valence-electron chi connectivity index (χ0n) is 13.4. The van der Waals surface area contributed by atoms with Crippen molar-refractivity contribution in [3.8, 4) is 11.5 Å². The summed E-state index contributed by atoms with van der Waals surface area (Å²) in [6.45, 7) is 3.22. The van der Waals surface area contributed by atoms with Gasteiger partial charge in [-0.2, -0.15) is 0 Å². The number of hydrogen-bond donors (Lipinski definition) is 2. The maximum absolute atomic E-state index is 11.9. The molecule has 24 heavy (non-hydrogen) atoms. The van der Waals surface area contributed by atoms with Gasteiger partial charge in [0.1, 0.15) is 0 Å². The lowest BCUT2D eigenvalue weighted by molar-refractivity contribution is -0.121. The van der Waals surface area contributed by atoms with Crippen molar-refractivity contribution < 1.29 is 14.3 Å². The number of rotatable bonds is 6. The molecule has 5 nitrogen and oxygen atoms in total. The van der Waals surface area contributed by atoms with Gasteiger partial charge in [-0.15, -0.1) is 0 Å². The van der Waals surface area contributed by atoms with Gasteiger partial charge in [0, 0.05) is 30.2 Å². The Morgan fingerprint density at radius 1 is 1.17 bits per heavy atom. The van der Waals surface area contributed by atoms with Crippen LogP contribution in [0.25, 0.3) is 0 Å². The summed E-state index contributed by atoms with van der Waals surface area (Å²) in [7, 11) is 0. The third-order valence-corrected chi connectivity index (χ3v) is 4.19. The highest BCUT2D eigenvalue weighted by molar-refractivity contribution is 6.31. The second-order valence-electron chi connectivity index (χ2n) is 5.61. The van der Waals surface area contributed by atoms with Crippen LogP contribution in [0.3, 0.4) is 0 Å². The molecule has 1 amide bonds. The van der Waals surface area contributed by atoms with Crippen molar-refractivity contribution in [3.63, 3.8) is 0 Å². The van der Waals surface area contributed by atoms with Gasteiger partial charge in [0.2, 0.25) is 12.7 Å². The number of aryl methyl sites for hydroxylation is 1. The van der Waals surface area contributed by atoms with Crippen LogP contribution < -0.4 is 20.1 Å². The zero-order chi connectivity index (χ0) is 16.9. The van der Waals surface area contributed by atoms with E-state index in [4.69, 9.17) is 21.1 Å². The van der Waals surface area contributed by atoms with Crippen LogP contribution >= 0.6 is 11.6 Å². The Bertz CT molecular complexity index is 749. The summed E-state index contributed by atoms with van der Waals surface area (Å²) in [6, 6.07) is 11.4. The molecule has 1 heterocycles. The Hall–Kier alpha value is -2.40. The molecule has 0 aliphatic carbocycles. The van der Waals surface area contributed by atoms with Gasteiger partial charge in [-0.05, 0) is 42.3 Å². The summed E-state index contributed by atoms with van der Waals surface area (Å²) >= 11 is 6.07. The Kier molecular flexibility index (Phi) is 5.11. The average molecular weight is 347 g/mol. The summed E-state index contributed by atoms with van der Waals surface area (Å²) in [4.78, 5) is 11.9. The first-order chi connectivity index (χ1) is 11.6. The molecule has 0 atom stereocenters. The van der Waals surface area contributed by atoms with Crippen molar-refractivity contribution >= 4 is 23.2 Å². The maximum Gasteiger partial charge on any atom is 0.231 e. The van der Waals surface area contributed by atoms with Gasteiger partial charge in [0.15, 0.2) is 11.5 Å². The maximum atomic E-state index is 11.9. The van der Waals surface area contributed by atoms with Gasteiger partial charge in [0.05, 0.1) is 0 Å². The van der Waals surface area contributed by atoms with Gasteiger partial charge < -0.3 is 20.1 Å². The van der Waals surface area contributed by atoms with Crippen LogP contribution in [0, 0.1) is 6.92 Å². The van der Waals surface area contributed by atoms with E-state index in [0.29, 0.717) is 24.5 Å². The molecule has 2 aromatic carbocycles. The monoisotopic (exact) mass is 346 g/mol. The molecule has 1 aliphatic rings. The number of benzene rings is 2. The van der Waals surface area contributed by atoms with Crippen LogP contribution in [-0.2, 0) is 11.3 Å². The molecular formula is C18H19ClN2O3. The lowest BCUT2D eigenvalue weighted by Crippen LogP contribution is -2.24. The van der Waals surface area contributed by atoms with E-state index in [0.717, 1.165) is 28.3 Å². The summed E-state index contributed by atoms with van der Waals surface area (Å²) in [5.41, 5.74) is 2.92. The summed E-state index contributed by atoms with van der Waals surface area (Å²) in [6.07, 6.45) is 0.385. The number of carbonyl (C=O) groups is 1. The van der Waals surface area contributed by atoms with Crippen molar-refractivity contribution in [1.29, 1.82) is 0 Å². The summed E-state index contributed by atoms with van der Waals surface area (Å²) in [5, 5.41) is 6.80. The molecule has 0 radical (unpaired) electrons. The zero-order valence-corrected chi connectivity index (χ0v) is 14.2. The largest absolute Gasteiger partial charge is 0.454 e. The van der Waals surface area contributed by atoms with E-state index >= 15 is 0 Å². The van der Waals surface area contributed by atoms with Crippen LogP contribution in [-0.4, -0.2) is 19.2 Å². The predicted molar refractivity (Wildman–Crippen MR) is 93.7 cm³/mol. The fraction of sp³-hybridized carbons (Fsp3) is 0.278. The second-order valence-corrected chi connectivity index (χ2v) is 6.01. The molecule has 1 aliphatic heterocycles. The van der Waals surface area contributed by atoms with Crippen LogP contribution in [0.4, 0.5) is 5.69 Å².